The maximum atomic E-state index is 12.3. The Labute approximate surface area is 107 Å². The van der Waals surface area contributed by atoms with Gasteiger partial charge in [0.25, 0.3) is 0 Å². The number of aromatic nitrogens is 1. The standard InChI is InChI=1S/C11H17ClN2O2S/c1-8(9-3-4-9)14(2)17(15,16)11-5-10(6-12)13-7-11/h5,7-9,13H,3-4,6H2,1-2H3. The van der Waals surface area contributed by atoms with Gasteiger partial charge in [-0.2, -0.15) is 4.31 Å². The van der Waals surface area contributed by atoms with Crippen LogP contribution in [-0.2, 0) is 15.9 Å². The Balaban J connectivity index is 2.22. The van der Waals surface area contributed by atoms with Crippen molar-refractivity contribution in [1.82, 2.24) is 9.29 Å². The van der Waals surface area contributed by atoms with Gasteiger partial charge < -0.3 is 4.98 Å². The van der Waals surface area contributed by atoms with Gasteiger partial charge in [0.2, 0.25) is 10.0 Å². The summed E-state index contributed by atoms with van der Waals surface area (Å²) in [6.07, 6.45) is 3.76. The van der Waals surface area contributed by atoms with E-state index in [2.05, 4.69) is 4.98 Å². The van der Waals surface area contributed by atoms with Crippen molar-refractivity contribution in [3.05, 3.63) is 18.0 Å². The fourth-order valence-electron chi connectivity index (χ4n) is 1.91. The van der Waals surface area contributed by atoms with Crippen LogP contribution in [0.1, 0.15) is 25.5 Å². The highest BCUT2D eigenvalue weighted by Gasteiger charge is 2.36. The van der Waals surface area contributed by atoms with E-state index in [-0.39, 0.29) is 11.9 Å². The lowest BCUT2D eigenvalue weighted by atomic mass is 10.2. The Morgan fingerprint density at radius 2 is 2.24 bits per heavy atom. The summed E-state index contributed by atoms with van der Waals surface area (Å²) in [6, 6.07) is 1.66. The normalized spacial score (nSPS) is 18.6. The van der Waals surface area contributed by atoms with Crippen LogP contribution in [0.3, 0.4) is 0 Å². The minimum absolute atomic E-state index is 0.0642. The van der Waals surface area contributed by atoms with Gasteiger partial charge in [0.05, 0.1) is 10.8 Å². The van der Waals surface area contributed by atoms with E-state index >= 15 is 0 Å². The summed E-state index contributed by atoms with van der Waals surface area (Å²) in [5.74, 6) is 0.804. The number of rotatable bonds is 5. The highest BCUT2D eigenvalue weighted by Crippen LogP contribution is 2.36. The van der Waals surface area contributed by atoms with Gasteiger partial charge in [0.15, 0.2) is 0 Å². The molecule has 0 saturated heterocycles. The van der Waals surface area contributed by atoms with Crippen molar-refractivity contribution >= 4 is 21.6 Å². The van der Waals surface area contributed by atoms with Gasteiger partial charge in [0, 0.05) is 25.0 Å². The molecule has 1 aromatic heterocycles. The molecule has 1 atom stereocenters. The van der Waals surface area contributed by atoms with E-state index in [0.717, 1.165) is 18.5 Å². The number of hydrogen-bond donors (Lipinski definition) is 1. The molecule has 1 aliphatic rings. The number of nitrogens with zero attached hydrogens (tertiary/aromatic N) is 1. The predicted molar refractivity (Wildman–Crippen MR) is 67.5 cm³/mol. The second-order valence-electron chi connectivity index (χ2n) is 4.59. The molecule has 0 aromatic carbocycles. The molecule has 4 nitrogen and oxygen atoms in total. The molecule has 0 radical (unpaired) electrons. The van der Waals surface area contributed by atoms with Gasteiger partial charge in [-0.05, 0) is 31.7 Å². The van der Waals surface area contributed by atoms with Gasteiger partial charge in [-0.25, -0.2) is 8.42 Å². The predicted octanol–water partition coefficient (Wildman–Crippen LogP) is 2.17. The molecule has 1 N–H and O–H groups in total. The van der Waals surface area contributed by atoms with Crippen LogP contribution < -0.4 is 0 Å². The second kappa shape index (κ2) is 4.63. The highest BCUT2D eigenvalue weighted by molar-refractivity contribution is 7.89. The van der Waals surface area contributed by atoms with Crippen LogP contribution in [0, 0.1) is 5.92 Å². The molecule has 0 bridgehead atoms. The third-order valence-electron chi connectivity index (χ3n) is 3.42. The molecule has 1 saturated carbocycles. The first-order valence-corrected chi connectivity index (χ1v) is 7.65. The molecular formula is C11H17ClN2O2S. The maximum absolute atomic E-state index is 12.3. The molecule has 96 valence electrons. The van der Waals surface area contributed by atoms with E-state index in [9.17, 15) is 8.42 Å². The molecule has 1 fully saturated rings. The summed E-state index contributed by atoms with van der Waals surface area (Å²) in [7, 11) is -1.74. The summed E-state index contributed by atoms with van der Waals surface area (Å²) < 4.78 is 26.1. The van der Waals surface area contributed by atoms with Crippen molar-refractivity contribution in [3.63, 3.8) is 0 Å². The molecule has 17 heavy (non-hydrogen) atoms. The average Bonchev–Trinajstić information content (AvgIpc) is 3.04. The zero-order chi connectivity index (χ0) is 12.6. The first-order chi connectivity index (χ1) is 7.96. The monoisotopic (exact) mass is 276 g/mol. The molecule has 1 heterocycles. The van der Waals surface area contributed by atoms with E-state index in [1.807, 2.05) is 6.92 Å². The minimum Gasteiger partial charge on any atom is -0.363 e. The van der Waals surface area contributed by atoms with Gasteiger partial charge >= 0.3 is 0 Å². The first-order valence-electron chi connectivity index (χ1n) is 5.68. The summed E-state index contributed by atoms with van der Waals surface area (Å²) >= 11 is 5.65. The second-order valence-corrected chi connectivity index (χ2v) is 6.86. The first kappa shape index (κ1) is 12.9. The van der Waals surface area contributed by atoms with Crippen molar-refractivity contribution < 1.29 is 8.42 Å². The molecule has 1 aliphatic carbocycles. The quantitative estimate of drug-likeness (QED) is 0.838. The third-order valence-corrected chi connectivity index (χ3v) is 5.63. The zero-order valence-corrected chi connectivity index (χ0v) is 11.6. The third kappa shape index (κ3) is 2.51. The molecule has 1 aromatic rings. The fourth-order valence-corrected chi connectivity index (χ4v) is 3.50. The molecule has 0 aliphatic heterocycles. The number of aromatic amines is 1. The number of halogens is 1. The van der Waals surface area contributed by atoms with Crippen LogP contribution in [0.4, 0.5) is 0 Å². The van der Waals surface area contributed by atoms with Crippen molar-refractivity contribution in [2.24, 2.45) is 5.92 Å². The van der Waals surface area contributed by atoms with E-state index in [1.54, 1.807) is 13.1 Å². The van der Waals surface area contributed by atoms with Crippen molar-refractivity contribution in [2.75, 3.05) is 7.05 Å². The number of nitrogens with one attached hydrogen (secondary N) is 1. The summed E-state index contributed by atoms with van der Waals surface area (Å²) in [5.41, 5.74) is 0.720. The molecular weight excluding hydrogens is 260 g/mol. The number of alkyl halides is 1. The highest BCUT2D eigenvalue weighted by atomic mass is 35.5. The number of sulfonamides is 1. The van der Waals surface area contributed by atoms with E-state index < -0.39 is 10.0 Å². The van der Waals surface area contributed by atoms with E-state index in [4.69, 9.17) is 11.6 Å². The fraction of sp³-hybridized carbons (Fsp3) is 0.636. The van der Waals surface area contributed by atoms with Gasteiger partial charge in [-0.1, -0.05) is 0 Å². The Bertz CT molecular complexity index is 493. The largest absolute Gasteiger partial charge is 0.363 e. The Kier molecular flexibility index (Phi) is 3.52. The van der Waals surface area contributed by atoms with E-state index in [0.29, 0.717) is 10.8 Å². The summed E-state index contributed by atoms with van der Waals surface area (Å²) in [4.78, 5) is 3.16. The smallest absolute Gasteiger partial charge is 0.244 e. The average molecular weight is 277 g/mol. The SMILES string of the molecule is CC(C1CC1)N(C)S(=O)(=O)c1c[nH]c(CCl)c1. The minimum atomic E-state index is -3.39. The number of H-pyrrole nitrogens is 1. The lowest BCUT2D eigenvalue weighted by Gasteiger charge is -2.23. The van der Waals surface area contributed by atoms with Gasteiger partial charge in [-0.15, -0.1) is 11.6 Å². The van der Waals surface area contributed by atoms with Crippen LogP contribution in [0.15, 0.2) is 17.2 Å². The maximum Gasteiger partial charge on any atom is 0.244 e. The molecule has 1 unspecified atom stereocenters. The van der Waals surface area contributed by atoms with Crippen molar-refractivity contribution in [2.45, 2.75) is 36.6 Å². The molecule has 0 spiro atoms. The topological polar surface area (TPSA) is 53.2 Å². The summed E-state index contributed by atoms with van der Waals surface area (Å²) in [6.45, 7) is 1.96. The Morgan fingerprint density at radius 1 is 1.59 bits per heavy atom. The van der Waals surface area contributed by atoms with Crippen molar-refractivity contribution in [1.29, 1.82) is 0 Å². The van der Waals surface area contributed by atoms with Crippen LogP contribution >= 0.6 is 11.6 Å². The molecule has 6 heteroatoms. The van der Waals surface area contributed by atoms with Crippen LogP contribution in [-0.4, -0.2) is 30.8 Å². The lowest BCUT2D eigenvalue weighted by molar-refractivity contribution is 0.357. The lowest BCUT2D eigenvalue weighted by Crippen LogP contribution is -2.36. The van der Waals surface area contributed by atoms with Crippen LogP contribution in [0.2, 0.25) is 0 Å². The zero-order valence-electron chi connectivity index (χ0n) is 9.98. The summed E-state index contributed by atoms with van der Waals surface area (Å²) in [5, 5.41) is 0. The number of hydrogen-bond acceptors (Lipinski definition) is 2. The van der Waals surface area contributed by atoms with Gasteiger partial charge in [0.1, 0.15) is 0 Å². The van der Waals surface area contributed by atoms with Crippen molar-refractivity contribution in [3.8, 4) is 0 Å². The Hall–Kier alpha value is -0.520. The van der Waals surface area contributed by atoms with Crippen LogP contribution in [0.5, 0.6) is 0 Å². The molecule has 0 amide bonds. The molecule has 2 rings (SSSR count). The van der Waals surface area contributed by atoms with Crippen LogP contribution in [0.25, 0.3) is 0 Å². The van der Waals surface area contributed by atoms with E-state index in [1.165, 1.54) is 10.5 Å². The Morgan fingerprint density at radius 3 is 2.71 bits per heavy atom. The van der Waals surface area contributed by atoms with Gasteiger partial charge in [-0.3, -0.25) is 0 Å².